The summed E-state index contributed by atoms with van der Waals surface area (Å²) in [4.78, 5) is 0. The maximum Gasteiger partial charge on any atom is 0.165 e. The average molecular weight is 260 g/mol. The molecule has 1 fully saturated rings. The Morgan fingerprint density at radius 2 is 2.24 bits per heavy atom. The van der Waals surface area contributed by atoms with Crippen LogP contribution in [0.4, 0.5) is 4.39 Å². The van der Waals surface area contributed by atoms with Crippen LogP contribution >= 0.6 is 12.4 Å². The van der Waals surface area contributed by atoms with Crippen LogP contribution < -0.4 is 10.1 Å². The minimum Gasteiger partial charge on any atom is -0.494 e. The van der Waals surface area contributed by atoms with Crippen molar-refractivity contribution in [3.05, 3.63) is 29.6 Å². The van der Waals surface area contributed by atoms with Crippen molar-refractivity contribution in [3.8, 4) is 5.75 Å². The molecule has 2 rings (SSSR count). The van der Waals surface area contributed by atoms with Gasteiger partial charge in [-0.05, 0) is 43.5 Å². The monoisotopic (exact) mass is 259 g/mol. The van der Waals surface area contributed by atoms with E-state index < -0.39 is 0 Å². The van der Waals surface area contributed by atoms with E-state index in [0.29, 0.717) is 11.8 Å². The van der Waals surface area contributed by atoms with Gasteiger partial charge >= 0.3 is 0 Å². The normalized spacial score (nSPS) is 19.5. The molecule has 1 saturated heterocycles. The minimum absolute atomic E-state index is 0. The molecular formula is C13H19ClFNO. The van der Waals surface area contributed by atoms with E-state index in [2.05, 4.69) is 5.32 Å². The maximum absolute atomic E-state index is 13.5. The van der Waals surface area contributed by atoms with Crippen molar-refractivity contribution >= 4 is 12.4 Å². The Morgan fingerprint density at radius 1 is 1.41 bits per heavy atom. The highest BCUT2D eigenvalue weighted by Gasteiger charge is 2.13. The van der Waals surface area contributed by atoms with Crippen LogP contribution in [0.1, 0.15) is 24.8 Å². The van der Waals surface area contributed by atoms with E-state index in [1.807, 2.05) is 6.07 Å². The summed E-state index contributed by atoms with van der Waals surface area (Å²) >= 11 is 0. The molecule has 1 aromatic carbocycles. The van der Waals surface area contributed by atoms with Crippen LogP contribution in [0.3, 0.4) is 0 Å². The Labute approximate surface area is 108 Å². The van der Waals surface area contributed by atoms with Gasteiger partial charge in [0.05, 0.1) is 7.11 Å². The van der Waals surface area contributed by atoms with Crippen molar-refractivity contribution in [3.63, 3.8) is 0 Å². The molecule has 0 unspecified atom stereocenters. The Hall–Kier alpha value is -0.800. The molecule has 1 heterocycles. The summed E-state index contributed by atoms with van der Waals surface area (Å²) in [5, 5.41) is 3.46. The van der Waals surface area contributed by atoms with Gasteiger partial charge in [0.15, 0.2) is 11.6 Å². The smallest absolute Gasteiger partial charge is 0.165 e. The van der Waals surface area contributed by atoms with Crippen molar-refractivity contribution in [1.29, 1.82) is 0 Å². The zero-order valence-electron chi connectivity index (χ0n) is 10.0. The number of nitrogens with one attached hydrogen (secondary N) is 1. The fourth-order valence-electron chi connectivity index (χ4n) is 2.22. The molecular weight excluding hydrogens is 241 g/mol. The Kier molecular flexibility index (Phi) is 5.72. The number of hydrogen-bond donors (Lipinski definition) is 1. The van der Waals surface area contributed by atoms with Crippen LogP contribution in [0.15, 0.2) is 18.2 Å². The highest BCUT2D eigenvalue weighted by Crippen LogP contribution is 2.20. The van der Waals surface area contributed by atoms with E-state index in [4.69, 9.17) is 4.74 Å². The molecule has 0 saturated carbocycles. The SMILES string of the molecule is COc1ccc(C[C@H]2CCCCN2)cc1F.Cl. The van der Waals surface area contributed by atoms with E-state index in [1.165, 1.54) is 26.4 Å². The van der Waals surface area contributed by atoms with Gasteiger partial charge < -0.3 is 10.1 Å². The molecule has 2 nitrogen and oxygen atoms in total. The molecule has 0 bridgehead atoms. The molecule has 1 aliphatic heterocycles. The van der Waals surface area contributed by atoms with Gasteiger partial charge in [0.25, 0.3) is 0 Å². The lowest BCUT2D eigenvalue weighted by atomic mass is 9.98. The molecule has 0 aromatic heterocycles. The number of methoxy groups -OCH3 is 1. The first kappa shape index (κ1) is 14.3. The van der Waals surface area contributed by atoms with E-state index in [9.17, 15) is 4.39 Å². The van der Waals surface area contributed by atoms with Gasteiger partial charge in [0.1, 0.15) is 0 Å². The molecule has 1 atom stereocenters. The number of benzene rings is 1. The lowest BCUT2D eigenvalue weighted by molar-refractivity contribution is 0.383. The van der Waals surface area contributed by atoms with Crippen molar-refractivity contribution < 1.29 is 9.13 Å². The molecule has 0 spiro atoms. The molecule has 96 valence electrons. The predicted molar refractivity (Wildman–Crippen MR) is 69.5 cm³/mol. The second-order valence-corrected chi connectivity index (χ2v) is 4.32. The van der Waals surface area contributed by atoms with Gasteiger partial charge in [0.2, 0.25) is 0 Å². The summed E-state index contributed by atoms with van der Waals surface area (Å²) < 4.78 is 18.4. The summed E-state index contributed by atoms with van der Waals surface area (Å²) in [7, 11) is 1.49. The topological polar surface area (TPSA) is 21.3 Å². The molecule has 1 aliphatic rings. The van der Waals surface area contributed by atoms with Crippen LogP contribution in [0, 0.1) is 5.82 Å². The van der Waals surface area contributed by atoms with Gasteiger partial charge in [0, 0.05) is 6.04 Å². The van der Waals surface area contributed by atoms with Crippen LogP contribution in [0.5, 0.6) is 5.75 Å². The second kappa shape index (κ2) is 6.82. The van der Waals surface area contributed by atoms with Crippen molar-refractivity contribution in [2.45, 2.75) is 31.7 Å². The van der Waals surface area contributed by atoms with E-state index in [1.54, 1.807) is 12.1 Å². The Morgan fingerprint density at radius 3 is 2.82 bits per heavy atom. The van der Waals surface area contributed by atoms with Gasteiger partial charge in [-0.2, -0.15) is 0 Å². The molecule has 1 N–H and O–H groups in total. The van der Waals surface area contributed by atoms with E-state index in [0.717, 1.165) is 18.5 Å². The zero-order chi connectivity index (χ0) is 11.4. The standard InChI is InChI=1S/C13H18FNO.ClH/c1-16-13-6-5-10(9-12(13)14)8-11-4-2-3-7-15-11;/h5-6,9,11,15H,2-4,7-8H2,1H3;1H/t11-;/m1./s1. The first-order chi connectivity index (χ1) is 7.79. The molecule has 4 heteroatoms. The van der Waals surface area contributed by atoms with Gasteiger partial charge in [-0.1, -0.05) is 12.5 Å². The molecule has 1 aromatic rings. The first-order valence-electron chi connectivity index (χ1n) is 5.85. The maximum atomic E-state index is 13.5. The van der Waals surface area contributed by atoms with E-state index in [-0.39, 0.29) is 18.2 Å². The number of hydrogen-bond acceptors (Lipinski definition) is 2. The number of halogens is 2. The Balaban J connectivity index is 0.00000144. The second-order valence-electron chi connectivity index (χ2n) is 4.32. The number of piperidine rings is 1. The fourth-order valence-corrected chi connectivity index (χ4v) is 2.22. The third-order valence-electron chi connectivity index (χ3n) is 3.11. The Bertz CT molecular complexity index is 353. The zero-order valence-corrected chi connectivity index (χ0v) is 10.9. The van der Waals surface area contributed by atoms with Crippen molar-refractivity contribution in [1.82, 2.24) is 5.32 Å². The number of rotatable bonds is 3. The summed E-state index contributed by atoms with van der Waals surface area (Å²) in [6.07, 6.45) is 4.62. The largest absolute Gasteiger partial charge is 0.494 e. The minimum atomic E-state index is -0.268. The summed E-state index contributed by atoms with van der Waals surface area (Å²) in [6.45, 7) is 1.09. The van der Waals surface area contributed by atoms with Gasteiger partial charge in [-0.15, -0.1) is 12.4 Å². The van der Waals surface area contributed by atoms with Gasteiger partial charge in [-0.3, -0.25) is 0 Å². The lowest BCUT2D eigenvalue weighted by Crippen LogP contribution is -2.35. The first-order valence-corrected chi connectivity index (χ1v) is 5.85. The molecule has 0 amide bonds. The quantitative estimate of drug-likeness (QED) is 0.901. The summed E-state index contributed by atoms with van der Waals surface area (Å²) in [5.41, 5.74) is 1.04. The van der Waals surface area contributed by atoms with E-state index >= 15 is 0 Å². The third-order valence-corrected chi connectivity index (χ3v) is 3.11. The van der Waals surface area contributed by atoms with Crippen LogP contribution in [0.25, 0.3) is 0 Å². The highest BCUT2D eigenvalue weighted by molar-refractivity contribution is 5.85. The lowest BCUT2D eigenvalue weighted by Gasteiger charge is -2.23. The highest BCUT2D eigenvalue weighted by atomic mass is 35.5. The van der Waals surface area contributed by atoms with Crippen LogP contribution in [0.2, 0.25) is 0 Å². The fraction of sp³-hybridized carbons (Fsp3) is 0.538. The van der Waals surface area contributed by atoms with Crippen molar-refractivity contribution in [2.24, 2.45) is 0 Å². The van der Waals surface area contributed by atoms with Crippen LogP contribution in [-0.2, 0) is 6.42 Å². The third kappa shape index (κ3) is 3.86. The summed E-state index contributed by atoms with van der Waals surface area (Å²) in [6, 6.07) is 5.72. The molecule has 0 aliphatic carbocycles. The molecule has 17 heavy (non-hydrogen) atoms. The van der Waals surface area contributed by atoms with Crippen molar-refractivity contribution in [2.75, 3.05) is 13.7 Å². The van der Waals surface area contributed by atoms with Crippen LogP contribution in [-0.4, -0.2) is 19.7 Å². The number of ether oxygens (including phenoxy) is 1. The van der Waals surface area contributed by atoms with Gasteiger partial charge in [-0.25, -0.2) is 4.39 Å². The average Bonchev–Trinajstić information content (AvgIpc) is 2.31. The summed E-state index contributed by atoms with van der Waals surface area (Å²) in [5.74, 6) is 0.0520. The predicted octanol–water partition coefficient (Wildman–Crippen LogP) is 2.94. The molecule has 0 radical (unpaired) electrons.